The monoisotopic (exact) mass is 412 g/mol. The molecule has 166 valence electrons. The average molecular weight is 413 g/mol. The Morgan fingerprint density at radius 2 is 1.86 bits per heavy atom. The van der Waals surface area contributed by atoms with Crippen molar-refractivity contribution in [3.8, 4) is 0 Å². The summed E-state index contributed by atoms with van der Waals surface area (Å²) in [5.74, 6) is -0.111. The zero-order chi connectivity index (χ0) is 20.2. The van der Waals surface area contributed by atoms with Crippen LogP contribution in [0.5, 0.6) is 0 Å². The van der Waals surface area contributed by atoms with Gasteiger partial charge in [0.1, 0.15) is 18.3 Å². The molecule has 0 spiro atoms. The van der Waals surface area contributed by atoms with Crippen LogP contribution in [0.2, 0.25) is 0 Å². The van der Waals surface area contributed by atoms with E-state index in [0.717, 1.165) is 45.6 Å². The number of carbonyl (C=O) groups excluding carboxylic acids is 1. The number of aliphatic hydroxyl groups is 2. The molecular weight excluding hydrogens is 376 g/mol. The highest BCUT2D eigenvalue weighted by atomic mass is 16.5. The number of hydrogen-bond acceptors (Lipinski definition) is 8. The number of nitrogens with one attached hydrogen (secondary N) is 2. The Balaban J connectivity index is 1.32. The third kappa shape index (κ3) is 4.92. The van der Waals surface area contributed by atoms with Crippen molar-refractivity contribution in [1.82, 2.24) is 20.4 Å². The summed E-state index contributed by atoms with van der Waals surface area (Å²) in [5.41, 5.74) is 0. The van der Waals surface area contributed by atoms with Gasteiger partial charge in [-0.25, -0.2) is 0 Å². The van der Waals surface area contributed by atoms with Gasteiger partial charge in [0.15, 0.2) is 0 Å². The number of nitrogens with zero attached hydrogens (tertiary/aromatic N) is 2. The number of piperazine rings is 1. The van der Waals surface area contributed by atoms with Gasteiger partial charge in [0, 0.05) is 39.3 Å². The van der Waals surface area contributed by atoms with Gasteiger partial charge in [-0.3, -0.25) is 14.6 Å². The van der Waals surface area contributed by atoms with E-state index in [4.69, 9.17) is 9.47 Å². The Bertz CT molecular complexity index is 533. The maximum Gasteiger partial charge on any atom is 0.249 e. The molecule has 0 bridgehead atoms. The van der Waals surface area contributed by atoms with Crippen LogP contribution in [0.4, 0.5) is 0 Å². The summed E-state index contributed by atoms with van der Waals surface area (Å²) in [4.78, 5) is 17.1. The van der Waals surface area contributed by atoms with Gasteiger partial charge in [-0.05, 0) is 38.6 Å². The molecule has 0 aliphatic carbocycles. The molecule has 9 nitrogen and oxygen atoms in total. The van der Waals surface area contributed by atoms with Gasteiger partial charge < -0.3 is 30.3 Å². The van der Waals surface area contributed by atoms with Crippen LogP contribution < -0.4 is 10.6 Å². The predicted molar refractivity (Wildman–Crippen MR) is 106 cm³/mol. The Morgan fingerprint density at radius 3 is 2.52 bits per heavy atom. The van der Waals surface area contributed by atoms with E-state index in [1.807, 2.05) is 0 Å². The lowest BCUT2D eigenvalue weighted by Gasteiger charge is -2.44. The van der Waals surface area contributed by atoms with Crippen molar-refractivity contribution in [3.63, 3.8) is 0 Å². The number of amides is 1. The first kappa shape index (κ1) is 21.4. The molecule has 0 aromatic rings. The molecule has 4 aliphatic rings. The zero-order valence-electron chi connectivity index (χ0n) is 17.2. The summed E-state index contributed by atoms with van der Waals surface area (Å²) in [6.45, 7) is 5.40. The van der Waals surface area contributed by atoms with Crippen LogP contribution in [0.3, 0.4) is 0 Å². The van der Waals surface area contributed by atoms with Crippen LogP contribution in [0.15, 0.2) is 0 Å². The Morgan fingerprint density at radius 1 is 1.07 bits per heavy atom. The van der Waals surface area contributed by atoms with Crippen LogP contribution in [-0.4, -0.2) is 115 Å². The summed E-state index contributed by atoms with van der Waals surface area (Å²) >= 11 is 0. The zero-order valence-corrected chi connectivity index (χ0v) is 17.2. The first-order valence-corrected chi connectivity index (χ1v) is 11.2. The third-order valence-corrected chi connectivity index (χ3v) is 6.84. The summed E-state index contributed by atoms with van der Waals surface area (Å²) in [7, 11) is 0. The van der Waals surface area contributed by atoms with Crippen LogP contribution in [0.25, 0.3) is 0 Å². The minimum Gasteiger partial charge on any atom is -0.394 e. The van der Waals surface area contributed by atoms with E-state index in [2.05, 4.69) is 20.4 Å². The second kappa shape index (κ2) is 10.00. The predicted octanol–water partition coefficient (Wildman–Crippen LogP) is -1.51. The van der Waals surface area contributed by atoms with E-state index in [1.54, 1.807) is 0 Å². The van der Waals surface area contributed by atoms with Gasteiger partial charge in [0.25, 0.3) is 0 Å². The number of rotatable bonds is 6. The van der Waals surface area contributed by atoms with Gasteiger partial charge >= 0.3 is 0 Å². The first-order valence-electron chi connectivity index (χ1n) is 11.2. The molecule has 0 saturated carbocycles. The highest BCUT2D eigenvalue weighted by Crippen LogP contribution is 2.27. The second-order valence-corrected chi connectivity index (χ2v) is 8.66. The molecule has 0 radical (unpaired) electrons. The lowest BCUT2D eigenvalue weighted by Crippen LogP contribution is -2.61. The van der Waals surface area contributed by atoms with Crippen LogP contribution in [-0.2, 0) is 14.3 Å². The molecule has 6 atom stereocenters. The number of hydrogen-bond donors (Lipinski definition) is 4. The van der Waals surface area contributed by atoms with Gasteiger partial charge in [-0.2, -0.15) is 0 Å². The van der Waals surface area contributed by atoms with Crippen LogP contribution in [0.1, 0.15) is 32.1 Å². The smallest absolute Gasteiger partial charge is 0.249 e. The van der Waals surface area contributed by atoms with Crippen molar-refractivity contribution in [1.29, 1.82) is 0 Å². The van der Waals surface area contributed by atoms with E-state index in [0.29, 0.717) is 19.3 Å². The summed E-state index contributed by atoms with van der Waals surface area (Å²) in [6.07, 6.45) is 3.76. The van der Waals surface area contributed by atoms with Gasteiger partial charge in [-0.15, -0.1) is 0 Å². The fourth-order valence-corrected chi connectivity index (χ4v) is 5.19. The van der Waals surface area contributed by atoms with Crippen molar-refractivity contribution in [2.24, 2.45) is 0 Å². The molecule has 4 N–H and O–H groups in total. The Hall–Kier alpha value is -0.810. The maximum atomic E-state index is 12.3. The van der Waals surface area contributed by atoms with Crippen molar-refractivity contribution in [3.05, 3.63) is 0 Å². The highest BCUT2D eigenvalue weighted by molar-refractivity contribution is 5.80. The van der Waals surface area contributed by atoms with Gasteiger partial charge in [0.05, 0.1) is 24.9 Å². The van der Waals surface area contributed by atoms with Gasteiger partial charge in [0.2, 0.25) is 5.91 Å². The summed E-state index contributed by atoms with van der Waals surface area (Å²) < 4.78 is 11.4. The minimum atomic E-state index is -0.760. The molecule has 4 rings (SSSR count). The number of piperidine rings is 1. The van der Waals surface area contributed by atoms with E-state index in [1.165, 1.54) is 19.3 Å². The Labute approximate surface area is 172 Å². The molecule has 1 amide bonds. The van der Waals surface area contributed by atoms with E-state index in [-0.39, 0.29) is 30.8 Å². The fraction of sp³-hybridized carbons (Fsp3) is 0.950. The van der Waals surface area contributed by atoms with Crippen molar-refractivity contribution < 1.29 is 24.5 Å². The van der Waals surface area contributed by atoms with Crippen molar-refractivity contribution in [2.75, 3.05) is 52.5 Å². The molecule has 4 saturated heterocycles. The lowest BCUT2D eigenvalue weighted by molar-refractivity contribution is -0.130. The van der Waals surface area contributed by atoms with E-state index in [9.17, 15) is 15.0 Å². The lowest BCUT2D eigenvalue weighted by atomic mass is 10.0. The van der Waals surface area contributed by atoms with Crippen molar-refractivity contribution in [2.45, 2.75) is 68.7 Å². The standard InChI is InChI=1S/C20H36N4O5/c25-13-16-19(26)18(15(29-16)12-22-20(27)14-4-3-11-28-14)24-9-7-23(8-10-24)17-5-1-2-6-21-17/h14-19,21,25-26H,1-13H2,(H,22,27)/t14?,15-,16+,17?,18-,19-/m1/s1. The molecule has 2 unspecified atom stereocenters. The molecule has 0 aromatic carbocycles. The highest BCUT2D eigenvalue weighted by Gasteiger charge is 2.47. The first-order chi connectivity index (χ1) is 14.2. The molecule has 4 fully saturated rings. The normalized spacial score (nSPS) is 39.7. The second-order valence-electron chi connectivity index (χ2n) is 8.66. The van der Waals surface area contributed by atoms with Crippen LogP contribution >= 0.6 is 0 Å². The number of ether oxygens (including phenoxy) is 2. The minimum absolute atomic E-state index is 0.111. The van der Waals surface area contributed by atoms with E-state index >= 15 is 0 Å². The van der Waals surface area contributed by atoms with Crippen molar-refractivity contribution >= 4 is 5.91 Å². The third-order valence-electron chi connectivity index (χ3n) is 6.84. The summed E-state index contributed by atoms with van der Waals surface area (Å²) in [6, 6.07) is -0.224. The molecular formula is C20H36N4O5. The molecule has 29 heavy (non-hydrogen) atoms. The quantitative estimate of drug-likeness (QED) is 0.417. The number of aliphatic hydroxyl groups excluding tert-OH is 2. The summed E-state index contributed by atoms with van der Waals surface area (Å²) in [5, 5.41) is 26.9. The maximum absolute atomic E-state index is 12.3. The molecule has 4 heterocycles. The fourth-order valence-electron chi connectivity index (χ4n) is 5.19. The molecule has 9 heteroatoms. The van der Waals surface area contributed by atoms with E-state index < -0.39 is 12.2 Å². The number of carbonyl (C=O) groups is 1. The largest absolute Gasteiger partial charge is 0.394 e. The average Bonchev–Trinajstić information content (AvgIpc) is 3.41. The SMILES string of the molecule is O=C(NC[C@H]1O[C@@H](CO)[C@@H](O)[C@@H]1N1CCN(C2CCCCN2)CC1)C1CCCO1. The van der Waals surface area contributed by atoms with Gasteiger partial charge in [-0.1, -0.05) is 0 Å². The topological polar surface area (TPSA) is 107 Å². The molecule has 0 aromatic heterocycles. The Kier molecular flexibility index (Phi) is 7.39. The van der Waals surface area contributed by atoms with Crippen LogP contribution in [0, 0.1) is 0 Å². The molecule has 4 aliphatic heterocycles.